The zero-order valence-corrected chi connectivity index (χ0v) is 18.4. The van der Waals surface area contributed by atoms with Gasteiger partial charge in [-0.3, -0.25) is 19.8 Å². The van der Waals surface area contributed by atoms with E-state index in [0.717, 1.165) is 18.9 Å². The summed E-state index contributed by atoms with van der Waals surface area (Å²) >= 11 is 0. The van der Waals surface area contributed by atoms with E-state index in [9.17, 15) is 14.9 Å². The zero-order valence-electron chi connectivity index (χ0n) is 18.4. The molecule has 0 saturated carbocycles. The van der Waals surface area contributed by atoms with Gasteiger partial charge in [-0.05, 0) is 0 Å². The summed E-state index contributed by atoms with van der Waals surface area (Å²) < 4.78 is 12.5. The molecule has 0 aliphatic carbocycles. The number of carbonyl (C=O) groups is 1. The second-order valence-electron chi connectivity index (χ2n) is 7.75. The molecule has 1 saturated heterocycles. The van der Waals surface area contributed by atoms with Crippen LogP contribution in [0.15, 0.2) is 24.5 Å². The lowest BCUT2D eigenvalue weighted by Crippen LogP contribution is -2.49. The lowest BCUT2D eigenvalue weighted by Gasteiger charge is -2.34. The molecule has 0 N–H and O–H groups in total. The van der Waals surface area contributed by atoms with Crippen molar-refractivity contribution in [3.05, 3.63) is 46.0 Å². The van der Waals surface area contributed by atoms with E-state index in [-0.39, 0.29) is 28.7 Å². The van der Waals surface area contributed by atoms with Gasteiger partial charge in [-0.2, -0.15) is 0 Å². The highest BCUT2D eigenvalue weighted by atomic mass is 16.6. The third kappa shape index (κ3) is 4.96. The van der Waals surface area contributed by atoms with Crippen molar-refractivity contribution in [3.63, 3.8) is 0 Å². The van der Waals surface area contributed by atoms with Gasteiger partial charge in [0.25, 0.3) is 11.6 Å². The molecule has 2 heterocycles. The van der Waals surface area contributed by atoms with Gasteiger partial charge in [0, 0.05) is 63.6 Å². The molecule has 2 aromatic rings. The van der Waals surface area contributed by atoms with Gasteiger partial charge in [0.2, 0.25) is 0 Å². The van der Waals surface area contributed by atoms with Gasteiger partial charge in [-0.1, -0.05) is 13.8 Å². The third-order valence-electron chi connectivity index (χ3n) is 5.51. The van der Waals surface area contributed by atoms with Gasteiger partial charge in [-0.15, -0.1) is 0 Å². The monoisotopic (exact) mass is 431 g/mol. The number of carbonyl (C=O) groups excluding carboxylic acids is 1. The summed E-state index contributed by atoms with van der Waals surface area (Å²) in [5.41, 5.74) is -0.275. The molecule has 1 aromatic carbocycles. The molecule has 31 heavy (non-hydrogen) atoms. The van der Waals surface area contributed by atoms with Gasteiger partial charge in [0.05, 0.1) is 25.2 Å². The fraction of sp³-hybridized carbons (Fsp3) is 0.524. The van der Waals surface area contributed by atoms with Crippen molar-refractivity contribution in [2.24, 2.45) is 0 Å². The first kappa shape index (κ1) is 22.5. The Morgan fingerprint density at radius 1 is 1.13 bits per heavy atom. The molecule has 1 amide bonds. The van der Waals surface area contributed by atoms with E-state index in [1.54, 1.807) is 4.90 Å². The van der Waals surface area contributed by atoms with E-state index < -0.39 is 4.92 Å². The molecular weight excluding hydrogens is 402 g/mol. The van der Waals surface area contributed by atoms with E-state index in [1.807, 2.05) is 12.4 Å². The first-order valence-corrected chi connectivity index (χ1v) is 10.3. The van der Waals surface area contributed by atoms with Crippen molar-refractivity contribution >= 4 is 11.6 Å². The number of benzene rings is 1. The van der Waals surface area contributed by atoms with Gasteiger partial charge in [-0.25, -0.2) is 4.98 Å². The zero-order chi connectivity index (χ0) is 22.5. The summed E-state index contributed by atoms with van der Waals surface area (Å²) in [6, 6.07) is 2.62. The SMILES string of the molecule is COc1cc(C(=O)N2CCN(CCn3ccnc3C(C)C)CC2)c([N+](=O)[O-])cc1OC. The maximum Gasteiger partial charge on any atom is 0.286 e. The topological polar surface area (TPSA) is 103 Å². The minimum atomic E-state index is -0.567. The highest BCUT2D eigenvalue weighted by Gasteiger charge is 2.30. The van der Waals surface area contributed by atoms with E-state index >= 15 is 0 Å². The molecule has 0 spiro atoms. The van der Waals surface area contributed by atoms with Crippen LogP contribution in [-0.4, -0.2) is 77.1 Å². The molecule has 0 unspecified atom stereocenters. The minimum absolute atomic E-state index is 0.0103. The molecule has 0 radical (unpaired) electrons. The van der Waals surface area contributed by atoms with Gasteiger partial charge >= 0.3 is 0 Å². The number of hydrogen-bond acceptors (Lipinski definition) is 7. The smallest absolute Gasteiger partial charge is 0.286 e. The van der Waals surface area contributed by atoms with Crippen molar-refractivity contribution in [1.82, 2.24) is 19.4 Å². The number of hydrogen-bond donors (Lipinski definition) is 0. The minimum Gasteiger partial charge on any atom is -0.493 e. The van der Waals surface area contributed by atoms with Crippen LogP contribution in [0.25, 0.3) is 0 Å². The normalized spacial score (nSPS) is 14.7. The number of amides is 1. The average molecular weight is 431 g/mol. The van der Waals surface area contributed by atoms with Crippen molar-refractivity contribution in [3.8, 4) is 11.5 Å². The number of ether oxygens (including phenoxy) is 2. The quantitative estimate of drug-likeness (QED) is 0.467. The van der Waals surface area contributed by atoms with Crippen LogP contribution in [0.4, 0.5) is 5.69 Å². The van der Waals surface area contributed by atoms with Crippen molar-refractivity contribution < 1.29 is 19.2 Å². The van der Waals surface area contributed by atoms with Crippen LogP contribution in [-0.2, 0) is 6.54 Å². The van der Waals surface area contributed by atoms with E-state index in [2.05, 4.69) is 28.3 Å². The number of methoxy groups -OCH3 is 2. The van der Waals surface area contributed by atoms with Crippen LogP contribution >= 0.6 is 0 Å². The highest BCUT2D eigenvalue weighted by molar-refractivity contribution is 5.99. The van der Waals surface area contributed by atoms with Crippen LogP contribution < -0.4 is 9.47 Å². The second kappa shape index (κ2) is 9.78. The Morgan fingerprint density at radius 3 is 2.35 bits per heavy atom. The second-order valence-corrected chi connectivity index (χ2v) is 7.75. The average Bonchev–Trinajstić information content (AvgIpc) is 3.25. The van der Waals surface area contributed by atoms with Gasteiger partial charge in [0.1, 0.15) is 11.4 Å². The molecule has 0 atom stereocenters. The summed E-state index contributed by atoms with van der Waals surface area (Å²) in [7, 11) is 2.83. The molecule has 1 aromatic heterocycles. The van der Waals surface area contributed by atoms with Crippen molar-refractivity contribution in [2.45, 2.75) is 26.3 Å². The van der Waals surface area contributed by atoms with Crippen molar-refractivity contribution in [2.75, 3.05) is 46.9 Å². The molecular formula is C21H29N5O5. The summed E-state index contributed by atoms with van der Waals surface area (Å²) in [4.78, 5) is 32.4. The number of nitrogens with zero attached hydrogens (tertiary/aromatic N) is 5. The largest absolute Gasteiger partial charge is 0.493 e. The van der Waals surface area contributed by atoms with E-state index in [4.69, 9.17) is 9.47 Å². The van der Waals surface area contributed by atoms with Gasteiger partial charge in [0.15, 0.2) is 11.5 Å². The number of rotatable bonds is 8. The molecule has 10 nitrogen and oxygen atoms in total. The Morgan fingerprint density at radius 2 is 1.77 bits per heavy atom. The standard InChI is InChI=1S/C21H29N5O5/c1-15(2)20-22-5-6-24(20)10-7-23-8-11-25(12-9-23)21(27)16-13-18(30-3)19(31-4)14-17(16)26(28)29/h5-6,13-15H,7-12H2,1-4H3. The van der Waals surface area contributed by atoms with Crippen LogP contribution in [0.3, 0.4) is 0 Å². The lowest BCUT2D eigenvalue weighted by atomic mass is 10.1. The number of nitro groups is 1. The Kier molecular flexibility index (Phi) is 7.11. The summed E-state index contributed by atoms with van der Waals surface area (Å²) in [5, 5.41) is 11.5. The maximum atomic E-state index is 13.1. The molecule has 3 rings (SSSR count). The van der Waals surface area contributed by atoms with Crippen LogP contribution in [0.2, 0.25) is 0 Å². The fourth-order valence-corrected chi connectivity index (χ4v) is 3.80. The van der Waals surface area contributed by atoms with Crippen LogP contribution in [0.1, 0.15) is 35.9 Å². The molecule has 10 heteroatoms. The van der Waals surface area contributed by atoms with Crippen LogP contribution in [0.5, 0.6) is 11.5 Å². The first-order chi connectivity index (χ1) is 14.8. The molecule has 1 aliphatic rings. The van der Waals surface area contributed by atoms with E-state index in [0.29, 0.717) is 32.1 Å². The maximum absolute atomic E-state index is 13.1. The highest BCUT2D eigenvalue weighted by Crippen LogP contribution is 2.35. The predicted molar refractivity (Wildman–Crippen MR) is 115 cm³/mol. The Bertz CT molecular complexity index is 934. The molecule has 0 bridgehead atoms. The van der Waals surface area contributed by atoms with Crippen molar-refractivity contribution in [1.29, 1.82) is 0 Å². The Balaban J connectivity index is 1.65. The number of nitro benzene ring substituents is 1. The van der Waals surface area contributed by atoms with Gasteiger partial charge < -0.3 is 18.9 Å². The Labute approximate surface area is 181 Å². The summed E-state index contributed by atoms with van der Waals surface area (Å²) in [6.45, 7) is 8.36. The summed E-state index contributed by atoms with van der Waals surface area (Å²) in [6.07, 6.45) is 3.81. The molecule has 1 aliphatic heterocycles. The van der Waals surface area contributed by atoms with E-state index in [1.165, 1.54) is 26.4 Å². The molecule has 1 fully saturated rings. The first-order valence-electron chi connectivity index (χ1n) is 10.3. The predicted octanol–water partition coefficient (Wildman–Crippen LogP) is 2.39. The summed E-state index contributed by atoms with van der Waals surface area (Å²) in [5.74, 6) is 1.56. The third-order valence-corrected chi connectivity index (χ3v) is 5.51. The Hall–Kier alpha value is -3.14. The molecule has 168 valence electrons. The van der Waals surface area contributed by atoms with Crippen LogP contribution in [0, 0.1) is 10.1 Å². The number of piperazine rings is 1. The number of aromatic nitrogens is 2. The fourth-order valence-electron chi connectivity index (χ4n) is 3.80. The lowest BCUT2D eigenvalue weighted by molar-refractivity contribution is -0.385. The number of imidazole rings is 1.